The van der Waals surface area contributed by atoms with E-state index in [2.05, 4.69) is 4.90 Å². The third-order valence-corrected chi connectivity index (χ3v) is 6.01. The van der Waals surface area contributed by atoms with Crippen LogP contribution in [0.1, 0.15) is 24.1 Å². The molecule has 0 aliphatic carbocycles. The second kappa shape index (κ2) is 7.67. The number of benzene rings is 1. The molecule has 1 aromatic heterocycles. The standard InChI is InChI=1S/C21H22N2O4S/c1-26-14-8-9-16(27-2)15(13-14)23-20(24)18(17-7-6-12-28-17)19(21(23)25)22-10-4-3-5-11-22/h6-9,12-13H,3-5,10-11H2,1-2H3. The number of imide groups is 1. The zero-order chi connectivity index (χ0) is 19.7. The van der Waals surface area contributed by atoms with Crippen molar-refractivity contribution in [2.45, 2.75) is 19.3 Å². The summed E-state index contributed by atoms with van der Waals surface area (Å²) in [6.07, 6.45) is 3.18. The SMILES string of the molecule is COc1ccc(OC)c(N2C(=O)C(c3cccs3)=C(N3CCCCC3)C2=O)c1. The summed E-state index contributed by atoms with van der Waals surface area (Å²) in [4.78, 5) is 31.1. The Kier molecular flexibility index (Phi) is 5.09. The highest BCUT2D eigenvalue weighted by molar-refractivity contribution is 7.11. The van der Waals surface area contributed by atoms with Crippen molar-refractivity contribution < 1.29 is 19.1 Å². The summed E-state index contributed by atoms with van der Waals surface area (Å²) in [6.45, 7) is 1.57. The van der Waals surface area contributed by atoms with Gasteiger partial charge in [0.25, 0.3) is 11.8 Å². The molecular formula is C21H22N2O4S. The van der Waals surface area contributed by atoms with Crippen molar-refractivity contribution in [2.75, 3.05) is 32.2 Å². The maximum Gasteiger partial charge on any atom is 0.282 e. The number of hydrogen-bond donors (Lipinski definition) is 0. The summed E-state index contributed by atoms with van der Waals surface area (Å²) >= 11 is 1.47. The van der Waals surface area contributed by atoms with Crippen LogP contribution in [-0.4, -0.2) is 44.0 Å². The van der Waals surface area contributed by atoms with Gasteiger partial charge in [-0.3, -0.25) is 9.59 Å². The van der Waals surface area contributed by atoms with Crippen LogP contribution in [0.25, 0.3) is 5.57 Å². The maximum atomic E-state index is 13.5. The average Bonchev–Trinajstić information content (AvgIpc) is 3.34. The van der Waals surface area contributed by atoms with Crippen molar-refractivity contribution in [3.05, 3.63) is 46.3 Å². The number of nitrogens with zero attached hydrogens (tertiary/aromatic N) is 2. The first-order chi connectivity index (χ1) is 13.7. The Bertz CT molecular complexity index is 930. The number of methoxy groups -OCH3 is 2. The van der Waals surface area contributed by atoms with Crippen LogP contribution in [-0.2, 0) is 9.59 Å². The van der Waals surface area contributed by atoms with Gasteiger partial charge >= 0.3 is 0 Å². The van der Waals surface area contributed by atoms with Gasteiger partial charge in [0.2, 0.25) is 0 Å². The highest BCUT2D eigenvalue weighted by atomic mass is 32.1. The summed E-state index contributed by atoms with van der Waals surface area (Å²) in [5.41, 5.74) is 1.38. The summed E-state index contributed by atoms with van der Waals surface area (Å²) in [7, 11) is 3.07. The van der Waals surface area contributed by atoms with Crippen LogP contribution in [0.4, 0.5) is 5.69 Å². The van der Waals surface area contributed by atoms with Crippen molar-refractivity contribution in [1.29, 1.82) is 0 Å². The lowest BCUT2D eigenvalue weighted by Crippen LogP contribution is -2.37. The van der Waals surface area contributed by atoms with Gasteiger partial charge in [-0.05, 0) is 42.8 Å². The number of thiophene rings is 1. The smallest absolute Gasteiger partial charge is 0.282 e. The van der Waals surface area contributed by atoms with Gasteiger partial charge in [-0.15, -0.1) is 11.3 Å². The van der Waals surface area contributed by atoms with E-state index in [4.69, 9.17) is 9.47 Å². The van der Waals surface area contributed by atoms with Gasteiger partial charge in [-0.2, -0.15) is 0 Å². The van der Waals surface area contributed by atoms with Gasteiger partial charge in [0.15, 0.2) is 0 Å². The molecule has 1 fully saturated rings. The van der Waals surface area contributed by atoms with Crippen molar-refractivity contribution in [3.63, 3.8) is 0 Å². The zero-order valence-corrected chi connectivity index (χ0v) is 16.8. The first-order valence-corrected chi connectivity index (χ1v) is 10.2. The highest BCUT2D eigenvalue weighted by Gasteiger charge is 2.44. The van der Waals surface area contributed by atoms with E-state index >= 15 is 0 Å². The molecule has 7 heteroatoms. The van der Waals surface area contributed by atoms with Crippen LogP contribution in [0, 0.1) is 0 Å². The predicted molar refractivity (Wildman–Crippen MR) is 109 cm³/mol. The predicted octanol–water partition coefficient (Wildman–Crippen LogP) is 3.54. The number of hydrogen-bond acceptors (Lipinski definition) is 6. The van der Waals surface area contributed by atoms with Gasteiger partial charge in [0.05, 0.1) is 25.5 Å². The van der Waals surface area contributed by atoms with Crippen LogP contribution >= 0.6 is 11.3 Å². The molecular weight excluding hydrogens is 376 g/mol. The molecule has 28 heavy (non-hydrogen) atoms. The van der Waals surface area contributed by atoms with Crippen molar-refractivity contribution in [3.8, 4) is 11.5 Å². The summed E-state index contributed by atoms with van der Waals surface area (Å²) in [6, 6.07) is 8.90. The minimum Gasteiger partial charge on any atom is -0.497 e. The van der Waals surface area contributed by atoms with Crippen LogP contribution in [0.15, 0.2) is 41.4 Å². The number of piperidine rings is 1. The number of ether oxygens (including phenoxy) is 2. The van der Waals surface area contributed by atoms with Gasteiger partial charge < -0.3 is 14.4 Å². The first kappa shape index (κ1) is 18.6. The third-order valence-electron chi connectivity index (χ3n) is 5.13. The molecule has 146 valence electrons. The molecule has 2 amide bonds. The second-order valence-corrected chi connectivity index (χ2v) is 7.68. The Morgan fingerprint density at radius 3 is 2.39 bits per heavy atom. The number of carbonyl (C=O) groups is 2. The van der Waals surface area contributed by atoms with Gasteiger partial charge in [-0.25, -0.2) is 4.90 Å². The fourth-order valence-electron chi connectivity index (χ4n) is 3.76. The molecule has 0 N–H and O–H groups in total. The average molecular weight is 398 g/mol. The number of amides is 2. The minimum absolute atomic E-state index is 0.304. The molecule has 0 atom stereocenters. The molecule has 2 aliphatic heterocycles. The lowest BCUT2D eigenvalue weighted by molar-refractivity contribution is -0.120. The highest BCUT2D eigenvalue weighted by Crippen LogP contribution is 2.41. The Balaban J connectivity index is 1.83. The maximum absolute atomic E-state index is 13.5. The number of likely N-dealkylation sites (tertiary alicyclic amines) is 1. The van der Waals surface area contributed by atoms with E-state index in [-0.39, 0.29) is 11.8 Å². The molecule has 2 aliphatic rings. The van der Waals surface area contributed by atoms with Gasteiger partial charge in [0, 0.05) is 24.0 Å². The number of anilines is 1. The van der Waals surface area contributed by atoms with Gasteiger partial charge in [-0.1, -0.05) is 6.07 Å². The summed E-state index contributed by atoms with van der Waals surface area (Å²) < 4.78 is 10.7. The number of rotatable bonds is 5. The van der Waals surface area contributed by atoms with E-state index in [1.54, 1.807) is 25.3 Å². The van der Waals surface area contributed by atoms with E-state index in [1.807, 2.05) is 17.5 Å². The minimum atomic E-state index is -0.320. The van der Waals surface area contributed by atoms with Crippen LogP contribution in [0.2, 0.25) is 0 Å². The Morgan fingerprint density at radius 1 is 0.964 bits per heavy atom. The van der Waals surface area contributed by atoms with Crippen LogP contribution in [0.5, 0.6) is 11.5 Å². The normalized spacial score (nSPS) is 17.5. The summed E-state index contributed by atoms with van der Waals surface area (Å²) in [5.74, 6) is 0.384. The Hall–Kier alpha value is -2.80. The first-order valence-electron chi connectivity index (χ1n) is 9.29. The zero-order valence-electron chi connectivity index (χ0n) is 15.9. The van der Waals surface area contributed by atoms with Crippen LogP contribution in [0.3, 0.4) is 0 Å². The molecule has 0 saturated carbocycles. The lowest BCUT2D eigenvalue weighted by Gasteiger charge is -2.29. The van der Waals surface area contributed by atoms with E-state index in [0.29, 0.717) is 28.5 Å². The molecule has 1 saturated heterocycles. The molecule has 0 radical (unpaired) electrons. The van der Waals surface area contributed by atoms with Crippen molar-refractivity contribution in [1.82, 2.24) is 4.90 Å². The van der Waals surface area contributed by atoms with Crippen LogP contribution < -0.4 is 14.4 Å². The molecule has 4 rings (SSSR count). The Morgan fingerprint density at radius 2 is 1.75 bits per heavy atom. The van der Waals surface area contributed by atoms with E-state index < -0.39 is 0 Å². The van der Waals surface area contributed by atoms with Crippen molar-refractivity contribution >= 4 is 34.4 Å². The molecule has 2 aromatic rings. The molecule has 1 aromatic carbocycles. The number of carbonyl (C=O) groups excluding carboxylic acids is 2. The van der Waals surface area contributed by atoms with Crippen molar-refractivity contribution in [2.24, 2.45) is 0 Å². The summed E-state index contributed by atoms with van der Waals surface area (Å²) in [5, 5.41) is 1.92. The topological polar surface area (TPSA) is 59.1 Å². The fraction of sp³-hybridized carbons (Fsp3) is 0.333. The third kappa shape index (κ3) is 3.05. The van der Waals surface area contributed by atoms with E-state index in [0.717, 1.165) is 37.2 Å². The molecule has 6 nitrogen and oxygen atoms in total. The molecule has 0 unspecified atom stereocenters. The monoisotopic (exact) mass is 398 g/mol. The Labute approximate surface area is 168 Å². The lowest BCUT2D eigenvalue weighted by atomic mass is 10.1. The quantitative estimate of drug-likeness (QED) is 0.721. The second-order valence-electron chi connectivity index (χ2n) is 6.73. The molecule has 3 heterocycles. The largest absolute Gasteiger partial charge is 0.497 e. The fourth-order valence-corrected chi connectivity index (χ4v) is 4.52. The van der Waals surface area contributed by atoms with Gasteiger partial charge in [0.1, 0.15) is 17.2 Å². The van der Waals surface area contributed by atoms with E-state index in [9.17, 15) is 9.59 Å². The van der Waals surface area contributed by atoms with E-state index in [1.165, 1.54) is 23.3 Å². The molecule has 0 bridgehead atoms. The molecule has 0 spiro atoms.